The third kappa shape index (κ3) is 1.82. The molecule has 3 atom stereocenters. The lowest BCUT2D eigenvalue weighted by Crippen LogP contribution is -2.46. The van der Waals surface area contributed by atoms with E-state index in [-0.39, 0.29) is 5.60 Å². The molecule has 0 radical (unpaired) electrons. The molecule has 2 fully saturated rings. The van der Waals surface area contributed by atoms with Crippen LogP contribution in [0, 0.1) is 5.92 Å². The first-order chi connectivity index (χ1) is 10.8. The van der Waals surface area contributed by atoms with Gasteiger partial charge in [-0.15, -0.1) is 0 Å². The number of hydrogen-bond donors (Lipinski definition) is 1. The minimum Gasteiger partial charge on any atom is -0.455 e. The van der Waals surface area contributed by atoms with Gasteiger partial charge in [0.05, 0.1) is 6.54 Å². The molecule has 0 amide bonds. The Kier molecular flexibility index (Phi) is 2.50. The number of aromatic nitrogens is 1. The number of amidine groups is 1. The van der Waals surface area contributed by atoms with Crippen molar-refractivity contribution in [2.75, 3.05) is 31.5 Å². The van der Waals surface area contributed by atoms with Crippen LogP contribution in [0.5, 0.6) is 0 Å². The van der Waals surface area contributed by atoms with E-state index in [4.69, 9.17) is 4.74 Å². The second-order valence-corrected chi connectivity index (χ2v) is 6.55. The number of hydrogen-bond acceptors (Lipinski definition) is 5. The number of piperidine rings is 1. The molecule has 1 unspecified atom stereocenters. The molecule has 2 saturated heterocycles. The molecular formula is C17H18N4O. The van der Waals surface area contributed by atoms with Gasteiger partial charge in [0.25, 0.3) is 6.02 Å². The van der Waals surface area contributed by atoms with E-state index in [1.165, 1.54) is 18.4 Å². The van der Waals surface area contributed by atoms with Crippen molar-refractivity contribution in [1.29, 1.82) is 0 Å². The number of anilines is 1. The molecule has 22 heavy (non-hydrogen) atoms. The molecule has 3 aliphatic rings. The van der Waals surface area contributed by atoms with E-state index in [1.807, 2.05) is 24.4 Å². The Hall–Kier alpha value is -2.14. The van der Waals surface area contributed by atoms with Crippen molar-refractivity contribution in [2.45, 2.75) is 12.0 Å². The molecule has 2 bridgehead atoms. The van der Waals surface area contributed by atoms with Crippen LogP contribution in [0.15, 0.2) is 41.5 Å². The molecule has 1 N–H and O–H groups in total. The first-order valence-corrected chi connectivity index (χ1v) is 7.88. The van der Waals surface area contributed by atoms with Gasteiger partial charge in [-0.25, -0.2) is 9.98 Å². The minimum absolute atomic E-state index is 0.0859. The fourth-order valence-electron chi connectivity index (χ4n) is 4.00. The quantitative estimate of drug-likeness (QED) is 0.875. The summed E-state index contributed by atoms with van der Waals surface area (Å²) in [4.78, 5) is 11.5. The maximum atomic E-state index is 6.22. The maximum absolute atomic E-state index is 6.22. The first-order valence-electron chi connectivity index (χ1n) is 7.88. The highest BCUT2D eigenvalue weighted by Crippen LogP contribution is 2.41. The molecule has 5 nitrogen and oxygen atoms in total. The standard InChI is InChI=1S/C17H18N4O/c1-2-4-13-8-18-15(7-12(13)3-1)20-16-19-10-17(22-16)11-21-6-5-14(17)9-21/h1-4,7-8,14H,5-6,9-11H2,(H,18,19,20)/t14-,17+/m0/s1. The normalized spacial score (nSPS) is 32.5. The summed E-state index contributed by atoms with van der Waals surface area (Å²) >= 11 is 0. The van der Waals surface area contributed by atoms with Crippen molar-refractivity contribution in [2.24, 2.45) is 10.9 Å². The summed E-state index contributed by atoms with van der Waals surface area (Å²) in [7, 11) is 0. The van der Waals surface area contributed by atoms with E-state index >= 15 is 0 Å². The predicted octanol–water partition coefficient (Wildman–Crippen LogP) is 2.11. The summed E-state index contributed by atoms with van der Waals surface area (Å²) in [6, 6.07) is 10.9. The second kappa shape index (κ2) is 4.43. The van der Waals surface area contributed by atoms with Gasteiger partial charge in [-0.05, 0) is 24.4 Å². The zero-order valence-electron chi connectivity index (χ0n) is 12.3. The summed E-state index contributed by atoms with van der Waals surface area (Å²) < 4.78 is 6.22. The minimum atomic E-state index is -0.0859. The molecule has 0 saturated carbocycles. The van der Waals surface area contributed by atoms with Crippen LogP contribution >= 0.6 is 0 Å². The first kappa shape index (κ1) is 12.4. The Bertz CT molecular complexity index is 774. The lowest BCUT2D eigenvalue weighted by molar-refractivity contribution is 0.0364. The number of aliphatic imine (C=N–C) groups is 1. The van der Waals surface area contributed by atoms with E-state index in [2.05, 4.69) is 32.3 Å². The van der Waals surface area contributed by atoms with Crippen LogP contribution in [0.2, 0.25) is 0 Å². The zero-order chi connectivity index (χ0) is 14.6. The number of rotatable bonds is 1. The van der Waals surface area contributed by atoms with Gasteiger partial charge in [-0.2, -0.15) is 0 Å². The van der Waals surface area contributed by atoms with Gasteiger partial charge < -0.3 is 4.74 Å². The molecule has 2 aromatic rings. The third-order valence-electron chi connectivity index (χ3n) is 5.16. The van der Waals surface area contributed by atoms with E-state index in [0.717, 1.165) is 30.8 Å². The highest BCUT2D eigenvalue weighted by Gasteiger charge is 2.54. The Morgan fingerprint density at radius 1 is 1.27 bits per heavy atom. The second-order valence-electron chi connectivity index (χ2n) is 6.55. The summed E-state index contributed by atoms with van der Waals surface area (Å²) in [5.74, 6) is 1.41. The Morgan fingerprint density at radius 2 is 2.18 bits per heavy atom. The summed E-state index contributed by atoms with van der Waals surface area (Å²) in [5.41, 5.74) is -0.0859. The molecule has 0 aliphatic carbocycles. The molecular weight excluding hydrogens is 276 g/mol. The highest BCUT2D eigenvalue weighted by atomic mass is 16.5. The Balaban J connectivity index is 1.36. The van der Waals surface area contributed by atoms with Crippen molar-refractivity contribution in [3.05, 3.63) is 36.5 Å². The van der Waals surface area contributed by atoms with Crippen molar-refractivity contribution in [3.63, 3.8) is 0 Å². The SMILES string of the molecule is c1ccc2cc(NC3=NC[C@]4(CN5CC[C@H]4C5)O3)ncc2c1. The smallest absolute Gasteiger partial charge is 0.291 e. The number of fused-ring (bicyclic) bond motifs is 4. The average Bonchev–Trinajstić information content (AvgIpc) is 3.24. The largest absolute Gasteiger partial charge is 0.455 e. The van der Waals surface area contributed by atoms with Crippen LogP contribution in [0.25, 0.3) is 10.8 Å². The topological polar surface area (TPSA) is 49.8 Å². The van der Waals surface area contributed by atoms with Gasteiger partial charge in [0.2, 0.25) is 0 Å². The van der Waals surface area contributed by atoms with Gasteiger partial charge in [0, 0.05) is 30.6 Å². The van der Waals surface area contributed by atoms with E-state index in [9.17, 15) is 0 Å². The molecule has 1 aromatic heterocycles. The van der Waals surface area contributed by atoms with Gasteiger partial charge in [-0.3, -0.25) is 10.2 Å². The average molecular weight is 294 g/mol. The van der Waals surface area contributed by atoms with Crippen molar-refractivity contribution >= 4 is 22.6 Å². The summed E-state index contributed by atoms with van der Waals surface area (Å²) in [5, 5.41) is 5.55. The fourth-order valence-corrected chi connectivity index (χ4v) is 4.00. The van der Waals surface area contributed by atoms with Crippen LogP contribution in [0.3, 0.4) is 0 Å². The van der Waals surface area contributed by atoms with Crippen molar-refractivity contribution < 1.29 is 4.74 Å². The van der Waals surface area contributed by atoms with Crippen LogP contribution in [-0.2, 0) is 4.74 Å². The van der Waals surface area contributed by atoms with E-state index < -0.39 is 0 Å². The molecule has 5 heteroatoms. The van der Waals surface area contributed by atoms with Crippen LogP contribution in [0.1, 0.15) is 6.42 Å². The fraction of sp³-hybridized carbons (Fsp3) is 0.412. The Morgan fingerprint density at radius 3 is 3.00 bits per heavy atom. The maximum Gasteiger partial charge on any atom is 0.291 e. The van der Waals surface area contributed by atoms with Gasteiger partial charge in [0.1, 0.15) is 11.4 Å². The van der Waals surface area contributed by atoms with Crippen LogP contribution in [0.4, 0.5) is 5.82 Å². The number of nitrogens with one attached hydrogen (secondary N) is 1. The molecule has 1 aromatic carbocycles. The predicted molar refractivity (Wildman–Crippen MR) is 86.0 cm³/mol. The number of pyridine rings is 1. The molecule has 4 heterocycles. The molecule has 3 aliphatic heterocycles. The third-order valence-corrected chi connectivity index (χ3v) is 5.16. The lowest BCUT2D eigenvalue weighted by atomic mass is 9.88. The number of nitrogens with zero attached hydrogens (tertiary/aromatic N) is 3. The van der Waals surface area contributed by atoms with Crippen LogP contribution in [-0.4, -0.2) is 47.7 Å². The van der Waals surface area contributed by atoms with Crippen LogP contribution < -0.4 is 5.32 Å². The molecule has 112 valence electrons. The number of ether oxygens (including phenoxy) is 1. The number of benzene rings is 1. The zero-order valence-corrected chi connectivity index (χ0v) is 12.3. The van der Waals surface area contributed by atoms with Gasteiger partial charge in [0.15, 0.2) is 0 Å². The monoisotopic (exact) mass is 294 g/mol. The molecule has 5 rings (SSSR count). The highest BCUT2D eigenvalue weighted by molar-refractivity contribution is 5.92. The molecule has 1 spiro atoms. The van der Waals surface area contributed by atoms with E-state index in [0.29, 0.717) is 11.9 Å². The van der Waals surface area contributed by atoms with E-state index in [1.54, 1.807) is 0 Å². The van der Waals surface area contributed by atoms with Crippen molar-refractivity contribution in [3.8, 4) is 0 Å². The Labute approximate surface area is 129 Å². The van der Waals surface area contributed by atoms with Gasteiger partial charge >= 0.3 is 0 Å². The summed E-state index contributed by atoms with van der Waals surface area (Å²) in [6.45, 7) is 4.16. The summed E-state index contributed by atoms with van der Waals surface area (Å²) in [6.07, 6.45) is 3.11. The van der Waals surface area contributed by atoms with Crippen molar-refractivity contribution in [1.82, 2.24) is 9.88 Å². The van der Waals surface area contributed by atoms with Gasteiger partial charge in [-0.1, -0.05) is 24.3 Å². The lowest BCUT2D eigenvalue weighted by Gasteiger charge is -2.32.